The van der Waals surface area contributed by atoms with Crippen molar-refractivity contribution in [2.24, 2.45) is 5.73 Å². The number of amides is 1. The van der Waals surface area contributed by atoms with E-state index in [2.05, 4.69) is 5.32 Å². The van der Waals surface area contributed by atoms with Crippen molar-refractivity contribution in [3.05, 3.63) is 33.8 Å². The van der Waals surface area contributed by atoms with Gasteiger partial charge < -0.3 is 16.2 Å². The number of rotatable bonds is 4. The molecule has 0 radical (unpaired) electrons. The Labute approximate surface area is 110 Å². The lowest BCUT2D eigenvalue weighted by Crippen LogP contribution is -2.40. The van der Waals surface area contributed by atoms with Crippen molar-refractivity contribution in [3.63, 3.8) is 0 Å². The van der Waals surface area contributed by atoms with Crippen LogP contribution >= 0.6 is 23.2 Å². The second-order valence-electron chi connectivity index (χ2n) is 3.75. The summed E-state index contributed by atoms with van der Waals surface area (Å²) in [4.78, 5) is 11.2. The van der Waals surface area contributed by atoms with E-state index in [0.29, 0.717) is 15.6 Å². The zero-order chi connectivity index (χ0) is 13.0. The normalized spacial score (nSPS) is 14.2. The molecule has 0 saturated heterocycles. The van der Waals surface area contributed by atoms with Crippen LogP contribution in [0.2, 0.25) is 10.0 Å². The zero-order valence-corrected chi connectivity index (χ0v) is 10.8. The third kappa shape index (κ3) is 4.52. The molecule has 1 aromatic carbocycles. The van der Waals surface area contributed by atoms with E-state index in [9.17, 15) is 9.90 Å². The van der Waals surface area contributed by atoms with E-state index in [1.165, 1.54) is 0 Å². The number of nitrogens with two attached hydrogens (primary N) is 1. The van der Waals surface area contributed by atoms with Crippen molar-refractivity contribution >= 4 is 29.1 Å². The average Bonchev–Trinajstić information content (AvgIpc) is 2.23. The summed E-state index contributed by atoms with van der Waals surface area (Å²) in [6, 6.07) is 4.15. The molecule has 0 bridgehead atoms. The first-order valence-corrected chi connectivity index (χ1v) is 5.83. The van der Waals surface area contributed by atoms with Crippen molar-refractivity contribution < 1.29 is 9.90 Å². The highest BCUT2D eigenvalue weighted by molar-refractivity contribution is 6.34. The summed E-state index contributed by atoms with van der Waals surface area (Å²) in [5.74, 6) is -0.322. The molecule has 4 nitrogen and oxygen atoms in total. The molecule has 0 aliphatic rings. The number of carbonyl (C=O) groups is 1. The molecule has 4 N–H and O–H groups in total. The summed E-state index contributed by atoms with van der Waals surface area (Å²) in [6.07, 6.45) is -0.867. The predicted octanol–water partition coefficient (Wildman–Crippen LogP) is 1.49. The number of aliphatic hydroxyl groups is 1. The molecule has 0 aliphatic carbocycles. The highest BCUT2D eigenvalue weighted by atomic mass is 35.5. The van der Waals surface area contributed by atoms with Gasteiger partial charge in [0.2, 0.25) is 5.91 Å². The molecule has 0 spiro atoms. The number of aliphatic hydroxyl groups excluding tert-OH is 1. The fourth-order valence-corrected chi connectivity index (χ4v) is 1.79. The third-order valence-electron chi connectivity index (χ3n) is 2.15. The van der Waals surface area contributed by atoms with Crippen LogP contribution in [0, 0.1) is 0 Å². The maximum absolute atomic E-state index is 11.2. The van der Waals surface area contributed by atoms with Crippen LogP contribution in [0.4, 0.5) is 0 Å². The van der Waals surface area contributed by atoms with Crippen LogP contribution in [0.5, 0.6) is 0 Å². The Morgan fingerprint density at radius 2 is 1.94 bits per heavy atom. The molecule has 1 rings (SSSR count). The molecular formula is C11H14Cl2N2O2. The van der Waals surface area contributed by atoms with E-state index >= 15 is 0 Å². The molecule has 0 aliphatic heterocycles. The lowest BCUT2D eigenvalue weighted by atomic mass is 10.1. The monoisotopic (exact) mass is 276 g/mol. The molecule has 0 aromatic heterocycles. The zero-order valence-electron chi connectivity index (χ0n) is 9.28. The van der Waals surface area contributed by atoms with Crippen LogP contribution in [0.15, 0.2) is 18.2 Å². The van der Waals surface area contributed by atoms with Gasteiger partial charge in [-0.05, 0) is 30.7 Å². The molecule has 1 unspecified atom stereocenters. The van der Waals surface area contributed by atoms with Crippen LogP contribution in [0.3, 0.4) is 0 Å². The summed E-state index contributed by atoms with van der Waals surface area (Å²) in [5, 5.41) is 13.2. The smallest absolute Gasteiger partial charge is 0.236 e. The fourth-order valence-electron chi connectivity index (χ4n) is 1.24. The predicted molar refractivity (Wildman–Crippen MR) is 68.1 cm³/mol. The quantitative estimate of drug-likeness (QED) is 0.780. The topological polar surface area (TPSA) is 75.4 Å². The van der Waals surface area contributed by atoms with E-state index in [1.807, 2.05) is 0 Å². The minimum absolute atomic E-state index is 0.0665. The maximum Gasteiger partial charge on any atom is 0.236 e. The molecule has 0 saturated carbocycles. The average molecular weight is 277 g/mol. The van der Waals surface area contributed by atoms with Gasteiger partial charge >= 0.3 is 0 Å². The number of nitrogens with one attached hydrogen (secondary N) is 1. The van der Waals surface area contributed by atoms with E-state index < -0.39 is 12.1 Å². The SMILES string of the molecule is C[C@H](N)C(=O)NCC(O)c1cc(Cl)cc(Cl)c1. The van der Waals surface area contributed by atoms with Crippen molar-refractivity contribution in [3.8, 4) is 0 Å². The molecule has 94 valence electrons. The van der Waals surface area contributed by atoms with Crippen LogP contribution in [0.25, 0.3) is 0 Å². The van der Waals surface area contributed by atoms with Crippen LogP contribution < -0.4 is 11.1 Å². The molecule has 17 heavy (non-hydrogen) atoms. The summed E-state index contributed by atoms with van der Waals surface area (Å²) in [5.41, 5.74) is 5.92. The molecule has 0 fully saturated rings. The van der Waals surface area contributed by atoms with Gasteiger partial charge in [0.05, 0.1) is 12.1 Å². The number of benzene rings is 1. The molecule has 1 aromatic rings. The molecule has 1 amide bonds. The largest absolute Gasteiger partial charge is 0.387 e. The van der Waals surface area contributed by atoms with E-state index in [4.69, 9.17) is 28.9 Å². The van der Waals surface area contributed by atoms with Crippen molar-refractivity contribution in [2.45, 2.75) is 19.1 Å². The molecule has 6 heteroatoms. The number of hydrogen-bond donors (Lipinski definition) is 3. The molecule has 2 atom stereocenters. The van der Waals surface area contributed by atoms with Crippen LogP contribution in [-0.4, -0.2) is 23.6 Å². The number of hydrogen-bond acceptors (Lipinski definition) is 3. The Balaban J connectivity index is 2.63. The van der Waals surface area contributed by atoms with Gasteiger partial charge in [0.25, 0.3) is 0 Å². The Hall–Kier alpha value is -0.810. The Kier molecular flexibility index (Phi) is 5.21. The summed E-state index contributed by atoms with van der Waals surface area (Å²) >= 11 is 11.6. The number of carbonyl (C=O) groups excluding carboxylic acids is 1. The van der Waals surface area contributed by atoms with Crippen LogP contribution in [-0.2, 0) is 4.79 Å². The first-order valence-electron chi connectivity index (χ1n) is 5.07. The molecule has 0 heterocycles. The number of halogens is 2. The summed E-state index contributed by atoms with van der Waals surface area (Å²) < 4.78 is 0. The third-order valence-corrected chi connectivity index (χ3v) is 2.59. The second-order valence-corrected chi connectivity index (χ2v) is 4.63. The maximum atomic E-state index is 11.2. The van der Waals surface area contributed by atoms with Gasteiger partial charge in [0, 0.05) is 16.6 Å². The van der Waals surface area contributed by atoms with Gasteiger partial charge in [0.15, 0.2) is 0 Å². The van der Waals surface area contributed by atoms with E-state index in [-0.39, 0.29) is 12.5 Å². The van der Waals surface area contributed by atoms with Gasteiger partial charge in [-0.15, -0.1) is 0 Å². The molecular weight excluding hydrogens is 263 g/mol. The Morgan fingerprint density at radius 1 is 1.41 bits per heavy atom. The Morgan fingerprint density at radius 3 is 2.41 bits per heavy atom. The standard InChI is InChI=1S/C11H14Cl2N2O2/c1-6(14)11(17)15-5-10(16)7-2-8(12)4-9(13)3-7/h2-4,6,10,16H,5,14H2,1H3,(H,15,17)/t6-,10?/m0/s1. The van der Waals surface area contributed by atoms with Gasteiger partial charge in [0.1, 0.15) is 0 Å². The van der Waals surface area contributed by atoms with E-state index in [1.54, 1.807) is 25.1 Å². The highest BCUT2D eigenvalue weighted by Crippen LogP contribution is 2.23. The highest BCUT2D eigenvalue weighted by Gasteiger charge is 2.12. The lowest BCUT2D eigenvalue weighted by Gasteiger charge is -2.14. The van der Waals surface area contributed by atoms with E-state index in [0.717, 1.165) is 0 Å². The minimum Gasteiger partial charge on any atom is -0.387 e. The second kappa shape index (κ2) is 6.21. The minimum atomic E-state index is -0.867. The van der Waals surface area contributed by atoms with Gasteiger partial charge in [-0.25, -0.2) is 0 Å². The van der Waals surface area contributed by atoms with Crippen LogP contribution in [0.1, 0.15) is 18.6 Å². The summed E-state index contributed by atoms with van der Waals surface area (Å²) in [6.45, 7) is 1.63. The van der Waals surface area contributed by atoms with Gasteiger partial charge in [-0.2, -0.15) is 0 Å². The fraction of sp³-hybridized carbons (Fsp3) is 0.364. The van der Waals surface area contributed by atoms with Crippen molar-refractivity contribution in [1.29, 1.82) is 0 Å². The van der Waals surface area contributed by atoms with Gasteiger partial charge in [-0.1, -0.05) is 23.2 Å². The summed E-state index contributed by atoms with van der Waals surface area (Å²) in [7, 11) is 0. The lowest BCUT2D eigenvalue weighted by molar-refractivity contribution is -0.122. The van der Waals surface area contributed by atoms with Crippen molar-refractivity contribution in [1.82, 2.24) is 5.32 Å². The first kappa shape index (κ1) is 14.3. The van der Waals surface area contributed by atoms with Crippen molar-refractivity contribution in [2.75, 3.05) is 6.54 Å². The first-order chi connectivity index (χ1) is 7.90. The van der Waals surface area contributed by atoms with Gasteiger partial charge in [-0.3, -0.25) is 4.79 Å². The Bertz CT molecular complexity index is 390.